The van der Waals surface area contributed by atoms with Crippen LogP contribution in [0.4, 0.5) is 0 Å². The van der Waals surface area contributed by atoms with Gasteiger partial charge in [-0.2, -0.15) is 0 Å². The van der Waals surface area contributed by atoms with E-state index in [0.29, 0.717) is 13.0 Å². The zero-order valence-electron chi connectivity index (χ0n) is 15.4. The lowest BCUT2D eigenvalue weighted by Gasteiger charge is -2.03. The van der Waals surface area contributed by atoms with E-state index in [1.807, 2.05) is 0 Å². The van der Waals surface area contributed by atoms with Gasteiger partial charge in [0.1, 0.15) is 6.29 Å². The molecule has 0 aromatic rings. The molecule has 0 aromatic heterocycles. The summed E-state index contributed by atoms with van der Waals surface area (Å²) in [6.07, 6.45) is 20.1. The first-order valence-electron chi connectivity index (χ1n) is 9.95. The number of carbonyl (C=O) groups excluding carboxylic acids is 2. The summed E-state index contributed by atoms with van der Waals surface area (Å²) in [7, 11) is 0. The number of aldehydes is 1. The predicted molar refractivity (Wildman–Crippen MR) is 97.6 cm³/mol. The highest BCUT2D eigenvalue weighted by atomic mass is 16.1. The maximum atomic E-state index is 11.2. The molecule has 0 bridgehead atoms. The van der Waals surface area contributed by atoms with E-state index in [1.54, 1.807) is 0 Å². The van der Waals surface area contributed by atoms with Crippen molar-refractivity contribution < 1.29 is 9.59 Å². The normalized spacial score (nSPS) is 10.7. The Kier molecular flexibility index (Phi) is 18.5. The molecule has 1 radical (unpaired) electrons. The lowest BCUT2D eigenvalue weighted by molar-refractivity contribution is -0.122. The number of unbranched alkanes of at least 4 members (excludes halogenated alkanes) is 13. The minimum Gasteiger partial charge on any atom is -0.303 e. The van der Waals surface area contributed by atoms with Crippen molar-refractivity contribution in [1.82, 2.24) is 5.32 Å². The van der Waals surface area contributed by atoms with Gasteiger partial charge in [0.2, 0.25) is 5.91 Å². The lowest BCUT2D eigenvalue weighted by Crippen LogP contribution is -2.16. The molecule has 0 rings (SSSR count). The lowest BCUT2D eigenvalue weighted by atomic mass is 10.0. The van der Waals surface area contributed by atoms with Gasteiger partial charge in [0.25, 0.3) is 0 Å². The molecular weight excluding hydrogens is 286 g/mol. The third-order valence-electron chi connectivity index (χ3n) is 4.28. The fourth-order valence-electron chi connectivity index (χ4n) is 2.77. The summed E-state index contributed by atoms with van der Waals surface area (Å²) in [4.78, 5) is 21.3. The van der Waals surface area contributed by atoms with Crippen LogP contribution in [0.1, 0.15) is 110 Å². The first-order valence-corrected chi connectivity index (χ1v) is 9.95. The topological polar surface area (TPSA) is 48.2 Å². The molecule has 23 heavy (non-hydrogen) atoms. The Bertz CT molecular complexity index is 266. The molecule has 0 heterocycles. The van der Waals surface area contributed by atoms with Crippen molar-refractivity contribution in [3.05, 3.63) is 0 Å². The Morgan fingerprint density at radius 3 is 1.61 bits per heavy atom. The largest absolute Gasteiger partial charge is 0.303 e. The first kappa shape index (κ1) is 22.1. The quantitative estimate of drug-likeness (QED) is 0.244. The van der Waals surface area contributed by atoms with Crippen LogP contribution in [-0.2, 0) is 9.59 Å². The zero-order valence-corrected chi connectivity index (χ0v) is 15.4. The van der Waals surface area contributed by atoms with Gasteiger partial charge in [-0.15, -0.1) is 0 Å². The van der Waals surface area contributed by atoms with Crippen LogP contribution in [0, 0.1) is 0 Å². The van der Waals surface area contributed by atoms with Crippen LogP contribution >= 0.6 is 0 Å². The minimum absolute atomic E-state index is 0.119. The smallest absolute Gasteiger partial charge is 0.241 e. The minimum atomic E-state index is -0.119. The molecular formula is C20H38NO2. The van der Waals surface area contributed by atoms with Crippen LogP contribution in [0.2, 0.25) is 0 Å². The van der Waals surface area contributed by atoms with Crippen LogP contribution in [-0.4, -0.2) is 18.7 Å². The summed E-state index contributed by atoms with van der Waals surface area (Å²) in [6.45, 7) is 2.90. The van der Waals surface area contributed by atoms with E-state index >= 15 is 0 Å². The molecule has 0 fully saturated rings. The summed E-state index contributed by atoms with van der Waals surface area (Å²) in [6, 6.07) is 0. The maximum Gasteiger partial charge on any atom is 0.241 e. The van der Waals surface area contributed by atoms with Crippen molar-refractivity contribution in [1.29, 1.82) is 0 Å². The van der Waals surface area contributed by atoms with E-state index < -0.39 is 0 Å². The molecule has 0 aliphatic carbocycles. The first-order chi connectivity index (χ1) is 11.3. The van der Waals surface area contributed by atoms with E-state index in [1.165, 1.54) is 83.5 Å². The average molecular weight is 325 g/mol. The van der Waals surface area contributed by atoms with E-state index in [9.17, 15) is 9.59 Å². The van der Waals surface area contributed by atoms with Crippen LogP contribution < -0.4 is 5.32 Å². The van der Waals surface area contributed by atoms with E-state index in [2.05, 4.69) is 12.2 Å². The Hall–Kier alpha value is -0.860. The van der Waals surface area contributed by atoms with Gasteiger partial charge >= 0.3 is 0 Å². The van der Waals surface area contributed by atoms with Gasteiger partial charge in [0.15, 0.2) is 0 Å². The van der Waals surface area contributed by atoms with Crippen molar-refractivity contribution >= 4 is 12.2 Å². The Morgan fingerprint density at radius 2 is 1.17 bits per heavy atom. The van der Waals surface area contributed by atoms with Gasteiger partial charge in [-0.3, -0.25) is 10.1 Å². The second-order valence-corrected chi connectivity index (χ2v) is 6.58. The molecule has 1 amide bonds. The number of carbonyl (C=O) groups is 2. The molecule has 0 aliphatic rings. The van der Waals surface area contributed by atoms with Gasteiger partial charge in [0, 0.05) is 19.4 Å². The molecule has 0 aromatic carbocycles. The van der Waals surface area contributed by atoms with Crippen molar-refractivity contribution in [3.63, 3.8) is 0 Å². The van der Waals surface area contributed by atoms with E-state index in [4.69, 9.17) is 0 Å². The van der Waals surface area contributed by atoms with Crippen LogP contribution in [0.25, 0.3) is 0 Å². The monoisotopic (exact) mass is 324 g/mol. The molecule has 0 saturated carbocycles. The van der Waals surface area contributed by atoms with Gasteiger partial charge in [-0.25, -0.2) is 0 Å². The van der Waals surface area contributed by atoms with Gasteiger partial charge < -0.3 is 4.79 Å². The fraction of sp³-hybridized carbons (Fsp3) is 0.900. The van der Waals surface area contributed by atoms with Gasteiger partial charge in [-0.05, 0) is 6.42 Å². The average Bonchev–Trinajstić information content (AvgIpc) is 2.56. The molecule has 0 spiro atoms. The maximum absolute atomic E-state index is 11.2. The highest BCUT2D eigenvalue weighted by molar-refractivity contribution is 5.77. The van der Waals surface area contributed by atoms with E-state index in [-0.39, 0.29) is 12.3 Å². The Balaban J connectivity index is 3.05. The third kappa shape index (κ3) is 19.1. The molecule has 0 atom stereocenters. The molecule has 135 valence electrons. The highest BCUT2D eigenvalue weighted by Crippen LogP contribution is 2.12. The summed E-state index contributed by atoms with van der Waals surface area (Å²) < 4.78 is 0. The van der Waals surface area contributed by atoms with Crippen LogP contribution in [0.5, 0.6) is 0 Å². The van der Waals surface area contributed by atoms with E-state index in [0.717, 1.165) is 12.7 Å². The van der Waals surface area contributed by atoms with Crippen molar-refractivity contribution in [2.24, 2.45) is 0 Å². The summed E-state index contributed by atoms with van der Waals surface area (Å²) in [5, 5.41) is 3.96. The van der Waals surface area contributed by atoms with Gasteiger partial charge in [-0.1, -0.05) is 90.4 Å². The molecule has 3 heteroatoms. The molecule has 0 aliphatic heterocycles. The zero-order chi connectivity index (χ0) is 17.0. The summed E-state index contributed by atoms with van der Waals surface area (Å²) in [5.41, 5.74) is 0. The van der Waals surface area contributed by atoms with Crippen LogP contribution in [0.15, 0.2) is 0 Å². The number of rotatable bonds is 18. The second kappa shape index (κ2) is 19.2. The standard InChI is InChI=1S/C20H38NO2/c1-2-3-4-5-6-7-8-9-10-11-12-13-14-15-18-21-20(23)17-16-19-22/h19H,2-18H2,1H3. The number of hydrogen-bond acceptors (Lipinski definition) is 2. The SMILES string of the molecule is CCCCCCCCCCCCCCCC[N]C(=O)CCC=O. The van der Waals surface area contributed by atoms with Gasteiger partial charge in [0.05, 0.1) is 0 Å². The van der Waals surface area contributed by atoms with Crippen molar-refractivity contribution in [3.8, 4) is 0 Å². The predicted octanol–water partition coefficient (Wildman–Crippen LogP) is 5.58. The van der Waals surface area contributed by atoms with Crippen molar-refractivity contribution in [2.45, 2.75) is 110 Å². The molecule has 0 unspecified atom stereocenters. The number of nitrogens with zero attached hydrogens (tertiary/aromatic N) is 1. The number of amides is 1. The summed E-state index contributed by atoms with van der Waals surface area (Å²) in [5.74, 6) is -0.119. The molecule has 0 saturated heterocycles. The fourth-order valence-corrected chi connectivity index (χ4v) is 2.77. The third-order valence-corrected chi connectivity index (χ3v) is 4.28. The number of hydrogen-bond donors (Lipinski definition) is 0. The highest BCUT2D eigenvalue weighted by Gasteiger charge is 2.01. The van der Waals surface area contributed by atoms with Crippen LogP contribution in [0.3, 0.4) is 0 Å². The Labute approximate surface area is 144 Å². The molecule has 0 N–H and O–H groups in total. The second-order valence-electron chi connectivity index (χ2n) is 6.58. The van der Waals surface area contributed by atoms with Crippen molar-refractivity contribution in [2.75, 3.05) is 6.54 Å². The molecule has 3 nitrogen and oxygen atoms in total. The summed E-state index contributed by atoms with van der Waals surface area (Å²) >= 11 is 0. The Morgan fingerprint density at radius 1 is 0.739 bits per heavy atom.